The predicted octanol–water partition coefficient (Wildman–Crippen LogP) is 1.44. The van der Waals surface area contributed by atoms with Gasteiger partial charge in [-0.3, -0.25) is 0 Å². The van der Waals surface area contributed by atoms with E-state index in [-0.39, 0.29) is 11.4 Å². The number of aromatic carboxylic acids is 2. The van der Waals surface area contributed by atoms with Crippen molar-refractivity contribution in [1.29, 1.82) is 0 Å². The van der Waals surface area contributed by atoms with Crippen LogP contribution in [0.4, 0.5) is 0 Å². The molecule has 0 aromatic carbocycles. The van der Waals surface area contributed by atoms with Crippen molar-refractivity contribution >= 4 is 11.9 Å². The van der Waals surface area contributed by atoms with Crippen molar-refractivity contribution in [3.8, 4) is 0 Å². The van der Waals surface area contributed by atoms with E-state index in [1.807, 2.05) is 0 Å². The molecule has 20 heavy (non-hydrogen) atoms. The summed E-state index contributed by atoms with van der Waals surface area (Å²) in [6, 6.07) is 9.51. The van der Waals surface area contributed by atoms with Gasteiger partial charge in [-0.1, -0.05) is 12.1 Å². The van der Waals surface area contributed by atoms with Crippen LogP contribution in [0.2, 0.25) is 0 Å². The minimum atomic E-state index is -0.990. The van der Waals surface area contributed by atoms with Crippen molar-refractivity contribution in [2.45, 2.75) is 0 Å². The second-order valence-corrected chi connectivity index (χ2v) is 3.04. The van der Waals surface area contributed by atoms with Gasteiger partial charge in [0.15, 0.2) is 0 Å². The second-order valence-electron chi connectivity index (χ2n) is 3.04. The Morgan fingerprint density at radius 1 is 0.800 bits per heavy atom. The number of pyridine rings is 2. The molecule has 0 unspecified atom stereocenters. The number of hydrogen-bond acceptors (Lipinski definition) is 5. The Kier molecular flexibility index (Phi) is 9.29. The van der Waals surface area contributed by atoms with Crippen LogP contribution in [-0.2, 0) is 21.0 Å². The molecule has 0 aliphatic rings. The van der Waals surface area contributed by atoms with E-state index < -0.39 is 11.9 Å². The van der Waals surface area contributed by atoms with Gasteiger partial charge in [0.05, 0.1) is 0 Å². The summed E-state index contributed by atoms with van der Waals surface area (Å²) in [6.45, 7) is 0. The average Bonchev–Trinajstić information content (AvgIpc) is 2.51. The van der Waals surface area contributed by atoms with Crippen molar-refractivity contribution in [2.24, 2.45) is 0 Å². The van der Waals surface area contributed by atoms with Gasteiger partial charge in [0.2, 0.25) is 0 Å². The summed E-state index contributed by atoms with van der Waals surface area (Å²) in [5.41, 5.74) is 0.162. The molecule has 0 aliphatic heterocycles. The summed E-state index contributed by atoms with van der Waals surface area (Å²) in [4.78, 5) is 27.4. The first-order valence-corrected chi connectivity index (χ1v) is 5.65. The molecule has 0 radical (unpaired) electrons. The molecule has 2 rings (SSSR count). The summed E-state index contributed by atoms with van der Waals surface area (Å²) in [5.74, 6) is -1.98. The van der Waals surface area contributed by atoms with Crippen molar-refractivity contribution in [3.05, 3.63) is 60.2 Å². The number of nitrogens with zero attached hydrogens (tertiary/aromatic N) is 2. The van der Waals surface area contributed by atoms with Crippen LogP contribution < -0.4 is 0 Å². The second kappa shape index (κ2) is 10.5. The van der Waals surface area contributed by atoms with Gasteiger partial charge < -0.3 is 10.2 Å². The quantitative estimate of drug-likeness (QED) is 0.861. The Bertz CT molecular complexity index is 487. The van der Waals surface area contributed by atoms with Gasteiger partial charge in [-0.15, -0.1) is 0 Å². The van der Waals surface area contributed by atoms with Crippen LogP contribution in [-0.4, -0.2) is 32.1 Å². The molecular weight excluding hydrogens is 303 g/mol. The molecule has 103 valence electrons. The normalized spacial score (nSPS) is 8.15. The molecule has 2 N–H and O–H groups in total. The molecule has 0 spiro atoms. The first-order valence-electron chi connectivity index (χ1n) is 5.08. The molecule has 8 heteroatoms. The third kappa shape index (κ3) is 7.15. The van der Waals surface area contributed by atoms with Gasteiger partial charge in [-0.05, 0) is 24.3 Å². The number of carboxylic acids is 2. The van der Waals surface area contributed by atoms with Gasteiger partial charge in [0.1, 0.15) is 11.4 Å². The van der Waals surface area contributed by atoms with Crippen LogP contribution in [0.3, 0.4) is 0 Å². The molecule has 7 nitrogen and oxygen atoms in total. The molecule has 0 saturated carbocycles. The summed E-state index contributed by atoms with van der Waals surface area (Å²) in [6.07, 6.45) is 2.90. The molecule has 2 heterocycles. The van der Waals surface area contributed by atoms with Crippen LogP contribution in [0.5, 0.6) is 0 Å². The first kappa shape index (κ1) is 17.6. The SMILES string of the molecule is O=C(O)c1ccccn1.O=C(O)c1ccccn1.[O]=[V]. The fourth-order valence-electron chi connectivity index (χ4n) is 0.979. The monoisotopic (exact) mass is 313 g/mol. The Balaban J connectivity index is 0.000000321. The summed E-state index contributed by atoms with van der Waals surface area (Å²) in [5, 5.41) is 16.6. The molecule has 0 fully saturated rings. The minimum absolute atomic E-state index is 0.0810. The standard InChI is InChI=1S/2C6H5NO2.O.V/c2*8-6(9)5-3-1-2-4-7-5;;/h2*1-4H,(H,8,9);;. The zero-order chi connectivity index (χ0) is 15.4. The van der Waals surface area contributed by atoms with Gasteiger partial charge in [-0.2, -0.15) is 0 Å². The summed E-state index contributed by atoms with van der Waals surface area (Å²) >= 11 is 1.06. The van der Waals surface area contributed by atoms with Gasteiger partial charge >= 0.3 is 33.0 Å². The molecule has 0 amide bonds. The Morgan fingerprint density at radius 2 is 1.15 bits per heavy atom. The Morgan fingerprint density at radius 3 is 1.30 bits per heavy atom. The third-order valence-electron chi connectivity index (χ3n) is 1.77. The van der Waals surface area contributed by atoms with E-state index in [9.17, 15) is 9.59 Å². The molecular formula is C12H10N2O5V. The van der Waals surface area contributed by atoms with E-state index >= 15 is 0 Å². The van der Waals surface area contributed by atoms with Gasteiger partial charge in [0.25, 0.3) is 0 Å². The van der Waals surface area contributed by atoms with E-state index in [1.165, 1.54) is 24.5 Å². The van der Waals surface area contributed by atoms with E-state index in [2.05, 4.69) is 9.97 Å². The number of hydrogen-bond donors (Lipinski definition) is 2. The zero-order valence-electron chi connectivity index (χ0n) is 10.1. The number of rotatable bonds is 2. The topological polar surface area (TPSA) is 117 Å². The maximum absolute atomic E-state index is 10.1. The summed E-state index contributed by atoms with van der Waals surface area (Å²) < 4.78 is 8.19. The van der Waals surface area contributed by atoms with Gasteiger partial charge in [-0.25, -0.2) is 19.6 Å². The van der Waals surface area contributed by atoms with Crippen LogP contribution in [0.25, 0.3) is 0 Å². The van der Waals surface area contributed by atoms with E-state index in [0.717, 1.165) is 17.4 Å². The molecule has 0 bridgehead atoms. The molecule has 0 saturated heterocycles. The van der Waals surface area contributed by atoms with E-state index in [0.29, 0.717) is 0 Å². The fraction of sp³-hybridized carbons (Fsp3) is 0. The first-order chi connectivity index (χ1) is 9.61. The van der Waals surface area contributed by atoms with Crippen LogP contribution >= 0.6 is 0 Å². The van der Waals surface area contributed by atoms with E-state index in [1.54, 1.807) is 24.3 Å². The number of carbonyl (C=O) groups is 2. The van der Waals surface area contributed by atoms with Crippen molar-refractivity contribution in [3.63, 3.8) is 0 Å². The Labute approximate surface area is 123 Å². The van der Waals surface area contributed by atoms with Crippen LogP contribution in [0, 0.1) is 0 Å². The van der Waals surface area contributed by atoms with E-state index in [4.69, 9.17) is 13.9 Å². The van der Waals surface area contributed by atoms with Crippen LogP contribution in [0.1, 0.15) is 21.0 Å². The molecule has 2 aromatic heterocycles. The van der Waals surface area contributed by atoms with Gasteiger partial charge in [0, 0.05) is 12.4 Å². The van der Waals surface area contributed by atoms with Crippen molar-refractivity contribution in [1.82, 2.24) is 9.97 Å². The van der Waals surface area contributed by atoms with Crippen LogP contribution in [0.15, 0.2) is 48.8 Å². The predicted molar refractivity (Wildman–Crippen MR) is 63.1 cm³/mol. The Hall–Kier alpha value is -2.38. The van der Waals surface area contributed by atoms with Crippen molar-refractivity contribution < 1.29 is 40.8 Å². The molecule has 2 aromatic rings. The van der Waals surface area contributed by atoms with Crippen molar-refractivity contribution in [2.75, 3.05) is 0 Å². The average molecular weight is 313 g/mol. The fourth-order valence-corrected chi connectivity index (χ4v) is 0.979. The number of carboxylic acid groups (broad SMARTS) is 2. The summed E-state index contributed by atoms with van der Waals surface area (Å²) in [7, 11) is 0. The third-order valence-corrected chi connectivity index (χ3v) is 1.77. The number of aromatic nitrogens is 2. The maximum atomic E-state index is 10.1. The molecule has 0 atom stereocenters. The zero-order valence-corrected chi connectivity index (χ0v) is 11.5. The molecule has 0 aliphatic carbocycles.